The minimum Gasteiger partial charge on any atom is -0.489 e. The van der Waals surface area contributed by atoms with E-state index in [0.717, 1.165) is 11.3 Å². The van der Waals surface area contributed by atoms with E-state index >= 15 is 0 Å². The lowest BCUT2D eigenvalue weighted by Crippen LogP contribution is -2.15. The van der Waals surface area contributed by atoms with Gasteiger partial charge in [0.25, 0.3) is 5.91 Å². The lowest BCUT2D eigenvalue weighted by Gasteiger charge is -2.03. The monoisotopic (exact) mass is 444 g/mol. The van der Waals surface area contributed by atoms with Gasteiger partial charge in [-0.15, -0.1) is 10.2 Å². The van der Waals surface area contributed by atoms with Crippen molar-refractivity contribution >= 4 is 49.9 Å². The largest absolute Gasteiger partial charge is 0.489 e. The molecule has 0 aliphatic heterocycles. The zero-order chi connectivity index (χ0) is 18.1. The number of nitrogens with zero attached hydrogens (tertiary/aromatic N) is 3. The molecule has 0 saturated heterocycles. The summed E-state index contributed by atoms with van der Waals surface area (Å²) in [4.78, 5) is 24.0. The van der Waals surface area contributed by atoms with Crippen molar-refractivity contribution in [3.8, 4) is 16.5 Å². The molecule has 0 aliphatic rings. The Hall–Kier alpha value is -2.17. The molecule has 25 heavy (non-hydrogen) atoms. The van der Waals surface area contributed by atoms with E-state index in [0.29, 0.717) is 20.2 Å². The molecule has 3 aromatic heterocycles. The molecule has 0 aliphatic carbocycles. The molecule has 0 saturated carbocycles. The number of aryl methyl sites for hydroxylation is 1. The number of hydrogen-bond acceptors (Lipinski definition) is 7. The normalized spacial score (nSPS) is 10.7. The van der Waals surface area contributed by atoms with Crippen LogP contribution in [0, 0.1) is 0 Å². The molecular formula is C14H10BrClN4O4S. The lowest BCUT2D eigenvalue weighted by atomic mass is 10.3. The standard InChI is InChI=1S/C14H10BrClN4O4S/c1-20-4-3-7(16)9(20)12-18-19-14(25-12)17-11(21)8-5-6(15)10(23-2)13(22)24-8/h3-5H,1-2H3,(H,17,19,21). The number of anilines is 1. The first-order valence-electron chi connectivity index (χ1n) is 6.74. The number of aromatic nitrogens is 3. The van der Waals surface area contributed by atoms with Crippen LogP contribution in [0.25, 0.3) is 10.7 Å². The highest BCUT2D eigenvalue weighted by Crippen LogP contribution is 2.32. The fourth-order valence-electron chi connectivity index (χ4n) is 2.03. The third-order valence-electron chi connectivity index (χ3n) is 3.16. The van der Waals surface area contributed by atoms with E-state index in [2.05, 4.69) is 31.4 Å². The number of nitrogens with one attached hydrogen (secondary N) is 1. The molecule has 0 atom stereocenters. The molecule has 0 unspecified atom stereocenters. The Balaban J connectivity index is 1.84. The zero-order valence-corrected chi connectivity index (χ0v) is 16.0. The SMILES string of the molecule is COc1c(Br)cc(C(=O)Nc2nnc(-c3c(Cl)ccn3C)s2)oc1=O. The number of methoxy groups -OCH3 is 1. The summed E-state index contributed by atoms with van der Waals surface area (Å²) in [6, 6.07) is 3.08. The number of rotatable bonds is 4. The van der Waals surface area contributed by atoms with E-state index in [4.69, 9.17) is 20.8 Å². The first-order chi connectivity index (χ1) is 11.9. The van der Waals surface area contributed by atoms with Gasteiger partial charge < -0.3 is 13.7 Å². The van der Waals surface area contributed by atoms with Crippen LogP contribution in [0.2, 0.25) is 5.02 Å². The minimum absolute atomic E-state index is 0.0203. The third-order valence-corrected chi connectivity index (χ3v) is 4.90. The second kappa shape index (κ2) is 6.98. The highest BCUT2D eigenvalue weighted by atomic mass is 79.9. The van der Waals surface area contributed by atoms with Crippen LogP contribution in [0.15, 0.2) is 32.0 Å². The maximum atomic E-state index is 12.3. The summed E-state index contributed by atoms with van der Waals surface area (Å²) < 4.78 is 11.9. The lowest BCUT2D eigenvalue weighted by molar-refractivity contribution is 0.0991. The van der Waals surface area contributed by atoms with Crippen molar-refractivity contribution in [1.82, 2.24) is 14.8 Å². The van der Waals surface area contributed by atoms with E-state index in [1.807, 2.05) is 7.05 Å². The summed E-state index contributed by atoms with van der Waals surface area (Å²) in [6.07, 6.45) is 1.79. The third kappa shape index (κ3) is 3.46. The van der Waals surface area contributed by atoms with Gasteiger partial charge in [-0.3, -0.25) is 10.1 Å². The van der Waals surface area contributed by atoms with Gasteiger partial charge in [-0.05, 0) is 22.0 Å². The van der Waals surface area contributed by atoms with Gasteiger partial charge >= 0.3 is 5.63 Å². The summed E-state index contributed by atoms with van der Waals surface area (Å²) in [6.45, 7) is 0. The number of carbonyl (C=O) groups is 1. The molecule has 0 fully saturated rings. The van der Waals surface area contributed by atoms with Crippen molar-refractivity contribution in [1.29, 1.82) is 0 Å². The fraction of sp³-hybridized carbons (Fsp3) is 0.143. The predicted octanol–water partition coefficient (Wildman–Crippen LogP) is 3.17. The van der Waals surface area contributed by atoms with Crippen molar-refractivity contribution in [2.45, 2.75) is 0 Å². The Morgan fingerprint density at radius 3 is 2.84 bits per heavy atom. The molecule has 11 heteroatoms. The van der Waals surface area contributed by atoms with Gasteiger partial charge in [0, 0.05) is 19.3 Å². The van der Waals surface area contributed by atoms with E-state index in [-0.39, 0.29) is 16.6 Å². The van der Waals surface area contributed by atoms with Crippen LogP contribution in [0.3, 0.4) is 0 Å². The van der Waals surface area contributed by atoms with Crippen LogP contribution >= 0.6 is 38.9 Å². The van der Waals surface area contributed by atoms with E-state index in [9.17, 15) is 9.59 Å². The van der Waals surface area contributed by atoms with Gasteiger partial charge in [-0.2, -0.15) is 0 Å². The highest BCUT2D eigenvalue weighted by Gasteiger charge is 2.19. The van der Waals surface area contributed by atoms with Crippen LogP contribution in [-0.4, -0.2) is 27.8 Å². The van der Waals surface area contributed by atoms with Crippen LogP contribution in [-0.2, 0) is 7.05 Å². The van der Waals surface area contributed by atoms with Crippen molar-refractivity contribution in [3.63, 3.8) is 0 Å². The fourth-order valence-corrected chi connectivity index (χ4v) is 3.73. The quantitative estimate of drug-likeness (QED) is 0.662. The second-order valence-electron chi connectivity index (χ2n) is 4.77. The van der Waals surface area contributed by atoms with Gasteiger partial charge in [0.05, 0.1) is 22.3 Å². The summed E-state index contributed by atoms with van der Waals surface area (Å²) in [7, 11) is 3.15. The Bertz CT molecular complexity index is 993. The molecule has 3 aromatic rings. The molecule has 0 bridgehead atoms. The van der Waals surface area contributed by atoms with Crippen molar-refractivity contribution in [2.75, 3.05) is 12.4 Å². The van der Waals surface area contributed by atoms with Gasteiger partial charge in [-0.25, -0.2) is 4.79 Å². The van der Waals surface area contributed by atoms with Crippen LogP contribution in [0.1, 0.15) is 10.6 Å². The number of amides is 1. The second-order valence-corrected chi connectivity index (χ2v) is 7.01. The Morgan fingerprint density at radius 1 is 1.48 bits per heavy atom. The Morgan fingerprint density at radius 2 is 2.24 bits per heavy atom. The van der Waals surface area contributed by atoms with E-state index in [1.54, 1.807) is 16.8 Å². The number of halogens is 2. The smallest absolute Gasteiger partial charge is 0.380 e. The van der Waals surface area contributed by atoms with Gasteiger partial charge in [0.2, 0.25) is 10.9 Å². The first kappa shape index (κ1) is 17.6. The van der Waals surface area contributed by atoms with Crippen LogP contribution in [0.4, 0.5) is 5.13 Å². The summed E-state index contributed by atoms with van der Waals surface area (Å²) in [5.41, 5.74) is -0.0750. The highest BCUT2D eigenvalue weighted by molar-refractivity contribution is 9.10. The minimum atomic E-state index is -0.768. The Kier molecular flexibility index (Phi) is 4.93. The maximum absolute atomic E-state index is 12.3. The number of ether oxygens (including phenoxy) is 1. The molecule has 0 radical (unpaired) electrons. The van der Waals surface area contributed by atoms with Crippen molar-refractivity contribution in [3.05, 3.63) is 44.0 Å². The van der Waals surface area contributed by atoms with Crippen LogP contribution < -0.4 is 15.7 Å². The molecule has 1 amide bonds. The first-order valence-corrected chi connectivity index (χ1v) is 8.73. The average molecular weight is 446 g/mol. The van der Waals surface area contributed by atoms with E-state index in [1.165, 1.54) is 13.2 Å². The predicted molar refractivity (Wildman–Crippen MR) is 96.5 cm³/mol. The summed E-state index contributed by atoms with van der Waals surface area (Å²) >= 11 is 10.4. The van der Waals surface area contributed by atoms with Gasteiger partial charge in [0.15, 0.2) is 10.8 Å². The molecule has 1 N–H and O–H groups in total. The summed E-state index contributed by atoms with van der Waals surface area (Å²) in [5, 5.41) is 11.8. The van der Waals surface area contributed by atoms with E-state index < -0.39 is 11.5 Å². The maximum Gasteiger partial charge on any atom is 0.380 e. The van der Waals surface area contributed by atoms with Gasteiger partial charge in [0.1, 0.15) is 0 Å². The van der Waals surface area contributed by atoms with Crippen molar-refractivity contribution in [2.24, 2.45) is 7.05 Å². The van der Waals surface area contributed by atoms with Crippen LogP contribution in [0.5, 0.6) is 5.75 Å². The molecule has 130 valence electrons. The van der Waals surface area contributed by atoms with Crippen molar-refractivity contribution < 1.29 is 13.9 Å². The molecule has 3 heterocycles. The molecule has 3 rings (SSSR count). The zero-order valence-electron chi connectivity index (χ0n) is 12.9. The topological polar surface area (TPSA) is 99.2 Å². The number of carbonyl (C=O) groups excluding carboxylic acids is 1. The Labute approximate surface area is 158 Å². The molecular weight excluding hydrogens is 436 g/mol. The molecule has 0 spiro atoms. The average Bonchev–Trinajstić information content (AvgIpc) is 3.13. The molecule has 8 nitrogen and oxygen atoms in total. The number of hydrogen-bond donors (Lipinski definition) is 1. The summed E-state index contributed by atoms with van der Waals surface area (Å²) in [5.74, 6) is -0.847. The molecule has 0 aromatic carbocycles. The van der Waals surface area contributed by atoms with Gasteiger partial charge in [-0.1, -0.05) is 22.9 Å².